The summed E-state index contributed by atoms with van der Waals surface area (Å²) in [5.74, 6) is 0.193. The zero-order valence-electron chi connectivity index (χ0n) is 18.1. The Morgan fingerprint density at radius 3 is 2.53 bits per heavy atom. The molecule has 7 nitrogen and oxygen atoms in total. The van der Waals surface area contributed by atoms with Crippen LogP contribution in [-0.2, 0) is 9.53 Å². The van der Waals surface area contributed by atoms with E-state index in [2.05, 4.69) is 26.2 Å². The van der Waals surface area contributed by atoms with Crippen LogP contribution >= 0.6 is 0 Å². The van der Waals surface area contributed by atoms with E-state index in [0.717, 1.165) is 89.3 Å². The number of carbonyl (C=O) groups is 1. The first kappa shape index (κ1) is 21.3. The fourth-order valence-corrected chi connectivity index (χ4v) is 4.60. The number of nitrogens with zero attached hydrogens (tertiary/aromatic N) is 4. The maximum atomic E-state index is 12.9. The third-order valence-electron chi connectivity index (χ3n) is 6.52. The molecule has 30 heavy (non-hydrogen) atoms. The Bertz CT molecular complexity index is 815. The fourth-order valence-electron chi connectivity index (χ4n) is 4.60. The lowest BCUT2D eigenvalue weighted by molar-refractivity contribution is -0.122. The van der Waals surface area contributed by atoms with E-state index in [-0.39, 0.29) is 11.8 Å². The topological polar surface area (TPSA) is 53.0 Å². The van der Waals surface area contributed by atoms with Crippen LogP contribution in [0.4, 0.5) is 0 Å². The van der Waals surface area contributed by atoms with Gasteiger partial charge in [-0.1, -0.05) is 18.2 Å². The van der Waals surface area contributed by atoms with E-state index in [9.17, 15) is 4.79 Å². The van der Waals surface area contributed by atoms with Crippen molar-refractivity contribution in [3.8, 4) is 0 Å². The Morgan fingerprint density at radius 2 is 1.73 bits per heavy atom. The van der Waals surface area contributed by atoms with Gasteiger partial charge in [-0.15, -0.1) is 0 Å². The summed E-state index contributed by atoms with van der Waals surface area (Å²) in [6.07, 6.45) is 4.00. The predicted octanol–water partition coefficient (Wildman–Crippen LogP) is 1.69. The van der Waals surface area contributed by atoms with Crippen LogP contribution < -0.4 is 5.43 Å². The van der Waals surface area contributed by atoms with Gasteiger partial charge in [-0.25, -0.2) is 0 Å². The number of aromatic nitrogens is 1. The zero-order chi connectivity index (χ0) is 20.8. The minimum atomic E-state index is 0.0609. The lowest BCUT2D eigenvalue weighted by Gasteiger charge is -2.37. The second kappa shape index (κ2) is 10.4. The number of amides is 1. The third kappa shape index (κ3) is 5.40. The summed E-state index contributed by atoms with van der Waals surface area (Å²) in [7, 11) is 1.77. The minimum absolute atomic E-state index is 0.0609. The molecule has 2 aliphatic heterocycles. The fraction of sp³-hybridized carbons (Fsp3) is 0.609. The van der Waals surface area contributed by atoms with Gasteiger partial charge in [0.25, 0.3) is 0 Å². The van der Waals surface area contributed by atoms with Crippen LogP contribution in [0, 0.1) is 5.92 Å². The Hall–Kier alpha value is -1.93. The molecular formula is C23H35N5O2. The summed E-state index contributed by atoms with van der Waals surface area (Å²) in [5.41, 5.74) is 4.15. The molecule has 1 unspecified atom stereocenters. The molecule has 1 aromatic heterocycles. The number of carbonyl (C=O) groups excluding carboxylic acids is 1. The molecular weight excluding hydrogens is 378 g/mol. The lowest BCUT2D eigenvalue weighted by atomic mass is 9.97. The quantitative estimate of drug-likeness (QED) is 0.714. The molecule has 7 heteroatoms. The van der Waals surface area contributed by atoms with Crippen LogP contribution in [0.1, 0.15) is 12.8 Å². The standard InChI is InChI=1S/C23H35N5O2/c1-30-18-17-26-13-11-25(12-14-26)15-16-27-9-4-6-21(19-27)23(29)24-28-10-8-20-5-2-3-7-22(20)28/h2-3,5,7-8,10,21H,4,6,9,11-19H2,1H3,(H,24,29). The molecule has 164 valence electrons. The molecule has 2 aliphatic rings. The number of methoxy groups -OCH3 is 1. The van der Waals surface area contributed by atoms with E-state index in [0.29, 0.717) is 0 Å². The number of piperazine rings is 1. The van der Waals surface area contributed by atoms with E-state index < -0.39 is 0 Å². The van der Waals surface area contributed by atoms with Gasteiger partial charge in [0.2, 0.25) is 5.91 Å². The van der Waals surface area contributed by atoms with Gasteiger partial charge >= 0.3 is 0 Å². The molecule has 1 amide bonds. The highest BCUT2D eigenvalue weighted by Crippen LogP contribution is 2.19. The minimum Gasteiger partial charge on any atom is -0.383 e. The summed E-state index contributed by atoms with van der Waals surface area (Å²) < 4.78 is 7.05. The summed E-state index contributed by atoms with van der Waals surface area (Å²) in [5, 5.41) is 1.14. The number of ether oxygens (including phenoxy) is 1. The second-order valence-corrected chi connectivity index (χ2v) is 8.54. The van der Waals surface area contributed by atoms with E-state index in [4.69, 9.17) is 4.74 Å². The first-order chi connectivity index (χ1) is 14.7. The van der Waals surface area contributed by atoms with Crippen molar-refractivity contribution in [1.29, 1.82) is 0 Å². The van der Waals surface area contributed by atoms with E-state index in [1.807, 2.05) is 35.1 Å². The van der Waals surface area contributed by atoms with Crippen LogP contribution in [-0.4, -0.2) is 97.9 Å². The molecule has 0 bridgehead atoms. The number of likely N-dealkylation sites (tertiary alicyclic amines) is 1. The van der Waals surface area contributed by atoms with Crippen molar-refractivity contribution in [3.63, 3.8) is 0 Å². The van der Waals surface area contributed by atoms with Crippen LogP contribution in [0.2, 0.25) is 0 Å². The summed E-state index contributed by atoms with van der Waals surface area (Å²) in [4.78, 5) is 20.4. The van der Waals surface area contributed by atoms with E-state index in [1.165, 1.54) is 0 Å². The maximum absolute atomic E-state index is 12.9. The molecule has 1 N–H and O–H groups in total. The van der Waals surface area contributed by atoms with E-state index >= 15 is 0 Å². The number of hydrogen-bond donors (Lipinski definition) is 1. The van der Waals surface area contributed by atoms with Crippen LogP contribution in [0.3, 0.4) is 0 Å². The van der Waals surface area contributed by atoms with Crippen LogP contribution in [0.25, 0.3) is 10.9 Å². The number of hydrogen-bond acceptors (Lipinski definition) is 5. The molecule has 0 radical (unpaired) electrons. The Kier molecular flexibility index (Phi) is 7.38. The van der Waals surface area contributed by atoms with Crippen molar-refractivity contribution in [2.75, 3.05) is 78.0 Å². The van der Waals surface area contributed by atoms with Crippen molar-refractivity contribution in [2.24, 2.45) is 5.92 Å². The van der Waals surface area contributed by atoms with Gasteiger partial charge in [-0.3, -0.25) is 24.7 Å². The summed E-state index contributed by atoms with van der Waals surface area (Å²) in [6, 6.07) is 10.2. The van der Waals surface area contributed by atoms with Gasteiger partial charge in [0, 0.05) is 71.1 Å². The third-order valence-corrected chi connectivity index (χ3v) is 6.52. The monoisotopic (exact) mass is 413 g/mol. The van der Waals surface area contributed by atoms with Crippen molar-refractivity contribution in [2.45, 2.75) is 12.8 Å². The van der Waals surface area contributed by atoms with Gasteiger partial charge in [0.05, 0.1) is 18.0 Å². The molecule has 1 aromatic carbocycles. The number of benzene rings is 1. The number of fused-ring (bicyclic) bond motifs is 1. The molecule has 2 saturated heterocycles. The van der Waals surface area contributed by atoms with Gasteiger partial charge < -0.3 is 9.64 Å². The average Bonchev–Trinajstić information content (AvgIpc) is 3.20. The highest BCUT2D eigenvalue weighted by molar-refractivity contribution is 5.89. The molecule has 2 aromatic rings. The Balaban J connectivity index is 1.22. The maximum Gasteiger partial charge on any atom is 0.243 e. The second-order valence-electron chi connectivity index (χ2n) is 8.54. The number of nitrogens with one attached hydrogen (secondary N) is 1. The zero-order valence-corrected chi connectivity index (χ0v) is 18.1. The number of rotatable bonds is 8. The normalized spacial score (nSPS) is 21.8. The molecule has 3 heterocycles. The lowest BCUT2D eigenvalue weighted by Crippen LogP contribution is -2.50. The van der Waals surface area contributed by atoms with Gasteiger partial charge in [-0.2, -0.15) is 0 Å². The molecule has 2 fully saturated rings. The molecule has 0 spiro atoms. The number of piperidine rings is 1. The Labute approximate surface area is 179 Å². The van der Waals surface area contributed by atoms with Crippen molar-refractivity contribution < 1.29 is 9.53 Å². The molecule has 4 rings (SSSR count). The van der Waals surface area contributed by atoms with Crippen molar-refractivity contribution >= 4 is 16.8 Å². The summed E-state index contributed by atoms with van der Waals surface area (Å²) in [6.45, 7) is 10.5. The predicted molar refractivity (Wildman–Crippen MR) is 120 cm³/mol. The molecule has 0 aliphatic carbocycles. The average molecular weight is 414 g/mol. The summed E-state index contributed by atoms with van der Waals surface area (Å²) >= 11 is 0. The first-order valence-corrected chi connectivity index (χ1v) is 11.3. The largest absolute Gasteiger partial charge is 0.383 e. The van der Waals surface area contributed by atoms with Gasteiger partial charge in [-0.05, 0) is 31.5 Å². The highest BCUT2D eigenvalue weighted by atomic mass is 16.5. The number of para-hydroxylation sites is 1. The van der Waals surface area contributed by atoms with Crippen molar-refractivity contribution in [3.05, 3.63) is 36.5 Å². The SMILES string of the molecule is COCCN1CCN(CCN2CCCC(C(=O)Nn3ccc4ccccc43)C2)CC1. The Morgan fingerprint density at radius 1 is 1.00 bits per heavy atom. The molecule has 0 saturated carbocycles. The van der Waals surface area contributed by atoms with Crippen molar-refractivity contribution in [1.82, 2.24) is 19.4 Å². The smallest absolute Gasteiger partial charge is 0.243 e. The molecule has 1 atom stereocenters. The van der Waals surface area contributed by atoms with Gasteiger partial charge in [0.15, 0.2) is 0 Å². The van der Waals surface area contributed by atoms with Gasteiger partial charge in [0.1, 0.15) is 0 Å². The first-order valence-electron chi connectivity index (χ1n) is 11.3. The highest BCUT2D eigenvalue weighted by Gasteiger charge is 2.26. The van der Waals surface area contributed by atoms with E-state index in [1.54, 1.807) is 7.11 Å². The van der Waals surface area contributed by atoms with Crippen LogP contribution in [0.15, 0.2) is 36.5 Å². The van der Waals surface area contributed by atoms with Crippen LogP contribution in [0.5, 0.6) is 0 Å².